The van der Waals surface area contributed by atoms with Crippen LogP contribution in [0.5, 0.6) is 0 Å². The molecular weight excluding hydrogens is 322 g/mol. The number of carbonyl (C=O) groups is 2. The highest BCUT2D eigenvalue weighted by Gasteiger charge is 2.31. The van der Waals surface area contributed by atoms with Crippen LogP contribution in [0.3, 0.4) is 0 Å². The minimum absolute atomic E-state index is 0.0683. The first kappa shape index (κ1) is 16.6. The molecule has 7 heteroatoms. The third-order valence-corrected chi connectivity index (χ3v) is 4.21. The van der Waals surface area contributed by atoms with Crippen molar-refractivity contribution in [3.63, 3.8) is 0 Å². The number of amides is 1. The summed E-state index contributed by atoms with van der Waals surface area (Å²) in [6.45, 7) is 2.81. The number of anilines is 1. The van der Waals surface area contributed by atoms with Gasteiger partial charge in [-0.1, -0.05) is 30.3 Å². The molecule has 1 saturated heterocycles. The zero-order valence-corrected chi connectivity index (χ0v) is 13.7. The predicted molar refractivity (Wildman–Crippen MR) is 92.6 cm³/mol. The lowest BCUT2D eigenvalue weighted by Gasteiger charge is -2.18. The molecule has 25 heavy (non-hydrogen) atoms. The van der Waals surface area contributed by atoms with Crippen LogP contribution < -0.4 is 4.90 Å². The summed E-state index contributed by atoms with van der Waals surface area (Å²) in [6.07, 6.45) is 0. The van der Waals surface area contributed by atoms with Crippen LogP contribution in [0.4, 0.5) is 11.4 Å². The molecule has 0 spiro atoms. The zero-order valence-electron chi connectivity index (χ0n) is 13.7. The standard InChI is InChI=1S/C18H17N3O4/c1-2-19-12-20(11-17(19)22)15-9-8-14(10-16(15)21(24)25)18(23)13-6-4-3-5-7-13/h3-10H,2,11-12H2,1H3. The number of hydrogen-bond donors (Lipinski definition) is 0. The first-order valence-electron chi connectivity index (χ1n) is 7.92. The van der Waals surface area contributed by atoms with Crippen LogP contribution in [0.1, 0.15) is 22.8 Å². The Hall–Kier alpha value is -3.22. The number of nitrogens with zero attached hydrogens (tertiary/aromatic N) is 3. The van der Waals surface area contributed by atoms with Gasteiger partial charge in [-0.3, -0.25) is 19.7 Å². The Balaban J connectivity index is 1.96. The van der Waals surface area contributed by atoms with Crippen molar-refractivity contribution in [3.05, 3.63) is 69.8 Å². The van der Waals surface area contributed by atoms with Crippen molar-refractivity contribution >= 4 is 23.1 Å². The maximum absolute atomic E-state index is 12.5. The van der Waals surface area contributed by atoms with Gasteiger partial charge in [0.05, 0.1) is 18.1 Å². The molecule has 7 nitrogen and oxygen atoms in total. The number of nitro groups is 1. The van der Waals surface area contributed by atoms with Crippen molar-refractivity contribution < 1.29 is 14.5 Å². The molecule has 1 heterocycles. The summed E-state index contributed by atoms with van der Waals surface area (Å²) in [4.78, 5) is 38.6. The van der Waals surface area contributed by atoms with Gasteiger partial charge in [0, 0.05) is 23.7 Å². The van der Waals surface area contributed by atoms with E-state index in [0.717, 1.165) is 0 Å². The molecule has 1 amide bonds. The van der Waals surface area contributed by atoms with E-state index in [-0.39, 0.29) is 29.5 Å². The Labute approximate surface area is 144 Å². The molecule has 0 unspecified atom stereocenters. The number of rotatable bonds is 5. The average Bonchev–Trinajstić information content (AvgIpc) is 3.02. The lowest BCUT2D eigenvalue weighted by atomic mass is 10.0. The molecule has 0 atom stereocenters. The SMILES string of the molecule is CCN1CN(c2ccc(C(=O)c3ccccc3)cc2[N+](=O)[O-])CC1=O. The van der Waals surface area contributed by atoms with E-state index in [1.807, 2.05) is 6.92 Å². The van der Waals surface area contributed by atoms with Gasteiger partial charge in [0.15, 0.2) is 5.78 Å². The third-order valence-electron chi connectivity index (χ3n) is 4.21. The number of benzene rings is 2. The van der Waals surface area contributed by atoms with Crippen molar-refractivity contribution in [1.29, 1.82) is 0 Å². The van der Waals surface area contributed by atoms with Crippen LogP contribution in [0.2, 0.25) is 0 Å². The summed E-state index contributed by atoms with van der Waals surface area (Å²) in [6, 6.07) is 13.0. The summed E-state index contributed by atoms with van der Waals surface area (Å²) in [5, 5.41) is 11.5. The van der Waals surface area contributed by atoms with Crippen LogP contribution in [-0.2, 0) is 4.79 Å². The average molecular weight is 339 g/mol. The van der Waals surface area contributed by atoms with E-state index < -0.39 is 4.92 Å². The second-order valence-electron chi connectivity index (χ2n) is 5.74. The molecule has 1 aliphatic rings. The smallest absolute Gasteiger partial charge is 0.293 e. The second-order valence-corrected chi connectivity index (χ2v) is 5.74. The topological polar surface area (TPSA) is 83.8 Å². The van der Waals surface area contributed by atoms with E-state index >= 15 is 0 Å². The number of likely N-dealkylation sites (N-methyl/N-ethyl adjacent to an activating group) is 1. The van der Waals surface area contributed by atoms with Gasteiger partial charge in [0.2, 0.25) is 5.91 Å². The molecule has 1 fully saturated rings. The van der Waals surface area contributed by atoms with E-state index in [1.54, 1.807) is 52.3 Å². The van der Waals surface area contributed by atoms with Gasteiger partial charge in [-0.05, 0) is 19.1 Å². The molecule has 1 aliphatic heterocycles. The molecule has 0 bridgehead atoms. The number of ketones is 1. The van der Waals surface area contributed by atoms with Crippen LogP contribution in [0.25, 0.3) is 0 Å². The number of nitro benzene ring substituents is 1. The van der Waals surface area contributed by atoms with E-state index in [2.05, 4.69) is 0 Å². The fourth-order valence-corrected chi connectivity index (χ4v) is 2.87. The van der Waals surface area contributed by atoms with Crippen molar-refractivity contribution in [2.75, 3.05) is 24.7 Å². The number of carbonyl (C=O) groups excluding carboxylic acids is 2. The summed E-state index contributed by atoms with van der Waals surface area (Å²) < 4.78 is 0. The zero-order chi connectivity index (χ0) is 18.0. The molecule has 0 N–H and O–H groups in total. The van der Waals surface area contributed by atoms with Crippen LogP contribution in [0, 0.1) is 10.1 Å². The molecule has 2 aromatic carbocycles. The largest absolute Gasteiger partial charge is 0.339 e. The van der Waals surface area contributed by atoms with Crippen LogP contribution in [-0.4, -0.2) is 41.3 Å². The Morgan fingerprint density at radius 2 is 1.88 bits per heavy atom. The molecule has 128 valence electrons. The maximum Gasteiger partial charge on any atom is 0.293 e. The van der Waals surface area contributed by atoms with Gasteiger partial charge in [0.25, 0.3) is 5.69 Å². The molecule has 0 aliphatic carbocycles. The quantitative estimate of drug-likeness (QED) is 0.475. The highest BCUT2D eigenvalue weighted by atomic mass is 16.6. The van der Waals surface area contributed by atoms with Crippen LogP contribution in [0.15, 0.2) is 48.5 Å². The third kappa shape index (κ3) is 3.21. The highest BCUT2D eigenvalue weighted by molar-refractivity contribution is 6.09. The fourth-order valence-electron chi connectivity index (χ4n) is 2.87. The minimum atomic E-state index is -0.518. The van der Waals surface area contributed by atoms with Gasteiger partial charge in [-0.15, -0.1) is 0 Å². The van der Waals surface area contributed by atoms with Gasteiger partial charge < -0.3 is 9.80 Å². The summed E-state index contributed by atoms with van der Waals surface area (Å²) in [7, 11) is 0. The van der Waals surface area contributed by atoms with Crippen molar-refractivity contribution in [3.8, 4) is 0 Å². The predicted octanol–water partition coefficient (Wildman–Crippen LogP) is 2.45. The van der Waals surface area contributed by atoms with E-state index in [4.69, 9.17) is 0 Å². The van der Waals surface area contributed by atoms with Gasteiger partial charge in [0.1, 0.15) is 5.69 Å². The summed E-state index contributed by atoms with van der Waals surface area (Å²) in [5.41, 5.74) is 0.893. The van der Waals surface area contributed by atoms with E-state index in [9.17, 15) is 19.7 Å². The number of hydrogen-bond acceptors (Lipinski definition) is 5. The summed E-state index contributed by atoms with van der Waals surface area (Å²) in [5.74, 6) is -0.343. The van der Waals surface area contributed by atoms with Crippen LogP contribution >= 0.6 is 0 Å². The highest BCUT2D eigenvalue weighted by Crippen LogP contribution is 2.31. The first-order valence-corrected chi connectivity index (χ1v) is 7.92. The van der Waals surface area contributed by atoms with Crippen molar-refractivity contribution in [2.24, 2.45) is 0 Å². The lowest BCUT2D eigenvalue weighted by molar-refractivity contribution is -0.384. The summed E-state index contributed by atoms with van der Waals surface area (Å²) >= 11 is 0. The lowest BCUT2D eigenvalue weighted by Crippen LogP contribution is -2.27. The van der Waals surface area contributed by atoms with Crippen molar-refractivity contribution in [2.45, 2.75) is 6.92 Å². The minimum Gasteiger partial charge on any atom is -0.339 e. The molecule has 0 aromatic heterocycles. The van der Waals surface area contributed by atoms with Crippen molar-refractivity contribution in [1.82, 2.24) is 4.90 Å². The molecular formula is C18H17N3O4. The molecule has 0 saturated carbocycles. The maximum atomic E-state index is 12.5. The molecule has 0 radical (unpaired) electrons. The van der Waals surface area contributed by atoms with Gasteiger partial charge in [-0.25, -0.2) is 0 Å². The monoisotopic (exact) mass is 339 g/mol. The van der Waals surface area contributed by atoms with E-state index in [1.165, 1.54) is 6.07 Å². The Morgan fingerprint density at radius 3 is 2.48 bits per heavy atom. The van der Waals surface area contributed by atoms with E-state index in [0.29, 0.717) is 24.5 Å². The Bertz CT molecular complexity index is 835. The molecule has 2 aromatic rings. The first-order chi connectivity index (χ1) is 12.0. The second kappa shape index (κ2) is 6.72. The Morgan fingerprint density at radius 1 is 1.16 bits per heavy atom. The fraction of sp³-hybridized carbons (Fsp3) is 0.222. The molecule has 3 rings (SSSR count). The van der Waals surface area contributed by atoms with Gasteiger partial charge >= 0.3 is 0 Å². The van der Waals surface area contributed by atoms with Gasteiger partial charge in [-0.2, -0.15) is 0 Å². The normalized spacial score (nSPS) is 14.0. The Kier molecular flexibility index (Phi) is 4.47.